The van der Waals surface area contributed by atoms with Gasteiger partial charge in [0.1, 0.15) is 0 Å². The van der Waals surface area contributed by atoms with E-state index in [0.717, 1.165) is 12.8 Å². The molecule has 0 heteroatoms. The van der Waals surface area contributed by atoms with Crippen LogP contribution in [-0.2, 0) is 5.41 Å². The van der Waals surface area contributed by atoms with Crippen LogP contribution >= 0.6 is 0 Å². The van der Waals surface area contributed by atoms with Crippen molar-refractivity contribution in [2.24, 2.45) is 0 Å². The van der Waals surface area contributed by atoms with E-state index in [1.807, 2.05) is 0 Å². The monoisotopic (exact) mass is 382 g/mol. The first kappa shape index (κ1) is 16.4. The van der Waals surface area contributed by atoms with Gasteiger partial charge in [-0.3, -0.25) is 0 Å². The number of hydrogen-bond donors (Lipinski definition) is 0. The second-order valence-corrected chi connectivity index (χ2v) is 8.89. The highest BCUT2D eigenvalue weighted by atomic mass is 14.5. The third-order valence-corrected chi connectivity index (χ3v) is 7.42. The molecule has 1 unspecified atom stereocenters. The summed E-state index contributed by atoms with van der Waals surface area (Å²) in [6.07, 6.45) is 6.97. The Morgan fingerprint density at radius 2 is 1.57 bits per heavy atom. The van der Waals surface area contributed by atoms with Gasteiger partial charge in [0.15, 0.2) is 0 Å². The molecule has 0 fully saturated rings. The fraction of sp³-hybridized carbons (Fsp3) is 0.133. The number of rotatable bonds is 0. The Kier molecular flexibility index (Phi) is 3.07. The van der Waals surface area contributed by atoms with E-state index >= 15 is 0 Å². The summed E-state index contributed by atoms with van der Waals surface area (Å²) >= 11 is 0. The van der Waals surface area contributed by atoms with Gasteiger partial charge in [0, 0.05) is 0 Å². The zero-order valence-electron chi connectivity index (χ0n) is 17.1. The number of allylic oxidation sites excluding steroid dienone is 4. The predicted molar refractivity (Wildman–Crippen MR) is 126 cm³/mol. The van der Waals surface area contributed by atoms with E-state index in [1.54, 1.807) is 5.57 Å². The minimum atomic E-state index is -0.172. The molecule has 0 aliphatic heterocycles. The summed E-state index contributed by atoms with van der Waals surface area (Å²) in [5.74, 6) is 0. The molecule has 0 bridgehead atoms. The second kappa shape index (κ2) is 5.61. The molecule has 4 aromatic carbocycles. The van der Waals surface area contributed by atoms with Crippen molar-refractivity contribution in [3.8, 4) is 11.1 Å². The van der Waals surface area contributed by atoms with E-state index in [-0.39, 0.29) is 5.41 Å². The van der Waals surface area contributed by atoms with Gasteiger partial charge in [-0.15, -0.1) is 0 Å². The molecule has 0 nitrogen and oxygen atoms in total. The molecular formula is C30H22. The molecule has 7 rings (SSSR count). The molecule has 30 heavy (non-hydrogen) atoms. The highest BCUT2D eigenvalue weighted by Gasteiger charge is 2.53. The van der Waals surface area contributed by atoms with Crippen molar-refractivity contribution in [3.63, 3.8) is 0 Å². The minimum absolute atomic E-state index is 0.172. The summed E-state index contributed by atoms with van der Waals surface area (Å²) in [6.45, 7) is 2.23. The third kappa shape index (κ3) is 1.79. The van der Waals surface area contributed by atoms with Gasteiger partial charge in [0.2, 0.25) is 0 Å². The van der Waals surface area contributed by atoms with Crippen LogP contribution in [0.3, 0.4) is 0 Å². The van der Waals surface area contributed by atoms with Gasteiger partial charge < -0.3 is 0 Å². The molecule has 142 valence electrons. The molecule has 0 radical (unpaired) electrons. The van der Waals surface area contributed by atoms with Gasteiger partial charge in [-0.2, -0.15) is 0 Å². The first-order valence-corrected chi connectivity index (χ1v) is 10.9. The van der Waals surface area contributed by atoms with Crippen LogP contribution in [0.1, 0.15) is 40.7 Å². The van der Waals surface area contributed by atoms with E-state index in [9.17, 15) is 0 Å². The van der Waals surface area contributed by atoms with Gasteiger partial charge in [-0.1, -0.05) is 96.6 Å². The average Bonchev–Trinajstić information content (AvgIpc) is 3.26. The van der Waals surface area contributed by atoms with Gasteiger partial charge in [-0.25, -0.2) is 0 Å². The van der Waals surface area contributed by atoms with Crippen LogP contribution in [0, 0.1) is 6.92 Å². The minimum Gasteiger partial charge on any atom is -0.0836 e. The van der Waals surface area contributed by atoms with Crippen LogP contribution < -0.4 is 0 Å². The lowest BCUT2D eigenvalue weighted by Gasteiger charge is -2.34. The van der Waals surface area contributed by atoms with E-state index in [4.69, 9.17) is 0 Å². The Balaban J connectivity index is 1.76. The molecule has 0 saturated carbocycles. The fourth-order valence-corrected chi connectivity index (χ4v) is 6.34. The standard InChI is InChI=1S/C30H22/c1-19-14-16-24-25-17-15-20-8-2-3-9-21(20)29(25)30(28(24)18-19)26-12-6-4-10-22(26)23-11-5-7-13-27(23)30/h2-6,8-12,14-18H,7,13H2,1H3. The maximum atomic E-state index is 2.45. The SMILES string of the molecule is Cc1ccc2c(c1)C1(C3=C(C=CCC3)c3ccccc31)c1c-2ccc2ccccc12. The normalized spacial score (nSPS) is 20.4. The predicted octanol–water partition coefficient (Wildman–Crippen LogP) is 7.58. The Hall–Kier alpha value is -3.38. The first-order valence-electron chi connectivity index (χ1n) is 10.9. The lowest BCUT2D eigenvalue weighted by atomic mass is 9.67. The van der Waals surface area contributed by atoms with Crippen molar-refractivity contribution in [1.82, 2.24) is 0 Å². The highest BCUT2D eigenvalue weighted by Crippen LogP contribution is 2.64. The molecule has 0 heterocycles. The molecule has 4 aromatic rings. The van der Waals surface area contributed by atoms with Gasteiger partial charge >= 0.3 is 0 Å². The van der Waals surface area contributed by atoms with Crippen LogP contribution in [0.2, 0.25) is 0 Å². The fourth-order valence-electron chi connectivity index (χ4n) is 6.34. The summed E-state index contributed by atoms with van der Waals surface area (Å²) in [7, 11) is 0. The summed E-state index contributed by atoms with van der Waals surface area (Å²) in [6, 6.07) is 29.8. The molecule has 0 amide bonds. The van der Waals surface area contributed by atoms with Crippen LogP contribution in [0.15, 0.2) is 96.6 Å². The van der Waals surface area contributed by atoms with Crippen molar-refractivity contribution < 1.29 is 0 Å². The largest absolute Gasteiger partial charge is 0.0836 e. The van der Waals surface area contributed by atoms with Crippen LogP contribution in [0.4, 0.5) is 0 Å². The first-order chi connectivity index (χ1) is 14.8. The maximum Gasteiger partial charge on any atom is 0.0694 e. The third-order valence-electron chi connectivity index (χ3n) is 7.42. The van der Waals surface area contributed by atoms with Crippen LogP contribution in [-0.4, -0.2) is 0 Å². The smallest absolute Gasteiger partial charge is 0.0694 e. The molecule has 3 aliphatic rings. The quantitative estimate of drug-likeness (QED) is 0.294. The zero-order chi connectivity index (χ0) is 19.9. The van der Waals surface area contributed by atoms with Crippen LogP contribution in [0.5, 0.6) is 0 Å². The van der Waals surface area contributed by atoms with E-state index < -0.39 is 0 Å². The molecule has 0 N–H and O–H groups in total. The topological polar surface area (TPSA) is 0 Å². The van der Waals surface area contributed by atoms with Gasteiger partial charge in [0.05, 0.1) is 5.41 Å². The van der Waals surface area contributed by atoms with E-state index in [0.29, 0.717) is 0 Å². The average molecular weight is 383 g/mol. The number of fused-ring (bicyclic) bond motifs is 11. The van der Waals surface area contributed by atoms with Crippen molar-refractivity contribution in [1.29, 1.82) is 0 Å². The van der Waals surface area contributed by atoms with Crippen molar-refractivity contribution in [3.05, 3.63) is 124 Å². The highest BCUT2D eigenvalue weighted by molar-refractivity contribution is 6.04. The van der Waals surface area contributed by atoms with Crippen molar-refractivity contribution in [2.45, 2.75) is 25.2 Å². The molecule has 0 aromatic heterocycles. The molecule has 1 atom stereocenters. The van der Waals surface area contributed by atoms with Crippen molar-refractivity contribution >= 4 is 16.3 Å². The van der Waals surface area contributed by atoms with Gasteiger partial charge in [0.25, 0.3) is 0 Å². The number of hydrogen-bond acceptors (Lipinski definition) is 0. The number of aryl methyl sites for hydroxylation is 1. The Morgan fingerprint density at radius 3 is 2.53 bits per heavy atom. The summed E-state index contributed by atoms with van der Waals surface area (Å²) < 4.78 is 0. The molecule has 3 aliphatic carbocycles. The number of benzene rings is 4. The summed E-state index contributed by atoms with van der Waals surface area (Å²) in [5, 5.41) is 2.72. The Morgan fingerprint density at radius 1 is 0.733 bits per heavy atom. The van der Waals surface area contributed by atoms with Crippen LogP contribution in [0.25, 0.3) is 27.5 Å². The second-order valence-electron chi connectivity index (χ2n) is 8.89. The lowest BCUT2D eigenvalue weighted by molar-refractivity contribution is 0.718. The van der Waals surface area contributed by atoms with Gasteiger partial charge in [-0.05, 0) is 75.1 Å². The Labute approximate surface area is 177 Å². The summed E-state index contributed by atoms with van der Waals surface area (Å²) in [4.78, 5) is 0. The Bertz CT molecular complexity index is 1450. The zero-order valence-corrected chi connectivity index (χ0v) is 17.1. The lowest BCUT2D eigenvalue weighted by Crippen LogP contribution is -2.28. The van der Waals surface area contributed by atoms with E-state index in [2.05, 4.69) is 97.9 Å². The maximum absolute atomic E-state index is 2.45. The molecule has 0 saturated heterocycles. The molecule has 1 spiro atoms. The summed E-state index contributed by atoms with van der Waals surface area (Å²) in [5.41, 5.74) is 12.9. The van der Waals surface area contributed by atoms with E-state index in [1.165, 1.54) is 55.3 Å². The molecular weight excluding hydrogens is 360 g/mol. The van der Waals surface area contributed by atoms with Crippen molar-refractivity contribution in [2.75, 3.05) is 0 Å².